The lowest BCUT2D eigenvalue weighted by Gasteiger charge is -2.06. The molecule has 0 aliphatic heterocycles. The molecule has 0 saturated heterocycles. The molecule has 0 aliphatic rings. The van der Waals surface area contributed by atoms with Crippen LogP contribution >= 0.6 is 0 Å². The summed E-state index contributed by atoms with van der Waals surface area (Å²) >= 11 is 0. The molecular formula is C11H11N3O3. The van der Waals surface area contributed by atoms with E-state index in [2.05, 4.69) is 9.97 Å². The van der Waals surface area contributed by atoms with E-state index in [-0.39, 0.29) is 24.5 Å². The van der Waals surface area contributed by atoms with Crippen molar-refractivity contribution in [2.75, 3.05) is 5.73 Å². The van der Waals surface area contributed by atoms with Gasteiger partial charge in [0.2, 0.25) is 5.95 Å². The number of aryl methyl sites for hydroxylation is 1. The van der Waals surface area contributed by atoms with Gasteiger partial charge in [-0.1, -0.05) is 12.1 Å². The minimum atomic E-state index is -0.907. The van der Waals surface area contributed by atoms with Gasteiger partial charge < -0.3 is 15.9 Å². The van der Waals surface area contributed by atoms with E-state index in [1.165, 1.54) is 6.07 Å². The molecule has 0 radical (unpaired) electrons. The van der Waals surface area contributed by atoms with Crippen LogP contribution in [0.15, 0.2) is 18.2 Å². The third-order valence-corrected chi connectivity index (χ3v) is 2.38. The van der Waals surface area contributed by atoms with Crippen molar-refractivity contribution in [1.29, 1.82) is 0 Å². The van der Waals surface area contributed by atoms with Crippen LogP contribution < -0.4 is 5.73 Å². The molecule has 0 unspecified atom stereocenters. The van der Waals surface area contributed by atoms with Gasteiger partial charge in [-0.25, -0.2) is 9.97 Å². The zero-order valence-electron chi connectivity index (χ0n) is 8.92. The molecule has 0 amide bonds. The summed E-state index contributed by atoms with van der Waals surface area (Å²) in [5, 5.41) is 18.9. The number of anilines is 1. The molecule has 88 valence electrons. The van der Waals surface area contributed by atoms with Crippen molar-refractivity contribution in [3.8, 4) is 5.75 Å². The predicted octanol–water partition coefficient (Wildman–Crippen LogP) is 0.935. The van der Waals surface area contributed by atoms with Gasteiger partial charge in [-0.05, 0) is 6.07 Å². The Bertz CT molecular complexity index is 583. The Morgan fingerprint density at radius 1 is 1.35 bits per heavy atom. The van der Waals surface area contributed by atoms with Crippen molar-refractivity contribution in [3.63, 3.8) is 0 Å². The van der Waals surface area contributed by atoms with Gasteiger partial charge in [0.25, 0.3) is 0 Å². The van der Waals surface area contributed by atoms with E-state index in [1.54, 1.807) is 12.1 Å². The van der Waals surface area contributed by atoms with Crippen LogP contribution in [0.4, 0.5) is 5.95 Å². The van der Waals surface area contributed by atoms with Crippen LogP contribution in [0.1, 0.15) is 12.1 Å². The average molecular weight is 233 g/mol. The number of carbonyl (C=O) groups is 1. The third-order valence-electron chi connectivity index (χ3n) is 2.38. The van der Waals surface area contributed by atoms with Gasteiger partial charge in [0.05, 0.1) is 12.1 Å². The molecule has 2 aromatic rings. The van der Waals surface area contributed by atoms with Crippen LogP contribution in [0.3, 0.4) is 0 Å². The van der Waals surface area contributed by atoms with Gasteiger partial charge in [-0.3, -0.25) is 4.79 Å². The maximum atomic E-state index is 10.5. The molecule has 1 aromatic heterocycles. The van der Waals surface area contributed by atoms with Crippen molar-refractivity contribution in [2.45, 2.75) is 12.8 Å². The first-order valence-corrected chi connectivity index (χ1v) is 5.04. The maximum Gasteiger partial charge on any atom is 0.303 e. The first-order valence-electron chi connectivity index (χ1n) is 5.04. The van der Waals surface area contributed by atoms with E-state index in [1.807, 2.05) is 0 Å². The summed E-state index contributed by atoms with van der Waals surface area (Å²) in [6.07, 6.45) is 0.212. The molecular weight excluding hydrogens is 222 g/mol. The largest absolute Gasteiger partial charge is 0.506 e. The molecule has 0 bridgehead atoms. The summed E-state index contributed by atoms with van der Waals surface area (Å²) < 4.78 is 0. The predicted molar refractivity (Wildman–Crippen MR) is 61.6 cm³/mol. The molecule has 0 aliphatic carbocycles. The highest BCUT2D eigenvalue weighted by molar-refractivity contribution is 5.87. The number of carboxylic acids is 1. The summed E-state index contributed by atoms with van der Waals surface area (Å²) in [5.41, 5.74) is 6.40. The monoisotopic (exact) mass is 233 g/mol. The minimum Gasteiger partial charge on any atom is -0.506 e. The van der Waals surface area contributed by atoms with Crippen LogP contribution in [0, 0.1) is 0 Å². The van der Waals surface area contributed by atoms with Crippen molar-refractivity contribution < 1.29 is 15.0 Å². The van der Waals surface area contributed by atoms with Gasteiger partial charge in [0, 0.05) is 11.8 Å². The number of nitrogens with two attached hydrogens (primary N) is 1. The van der Waals surface area contributed by atoms with E-state index in [0.717, 1.165) is 0 Å². The lowest BCUT2D eigenvalue weighted by molar-refractivity contribution is -0.136. The number of aromatic nitrogens is 2. The Balaban J connectivity index is 2.54. The van der Waals surface area contributed by atoms with E-state index >= 15 is 0 Å². The van der Waals surface area contributed by atoms with Crippen molar-refractivity contribution >= 4 is 22.8 Å². The molecule has 6 nitrogen and oxygen atoms in total. The van der Waals surface area contributed by atoms with Crippen molar-refractivity contribution in [1.82, 2.24) is 9.97 Å². The summed E-state index contributed by atoms with van der Waals surface area (Å²) in [4.78, 5) is 18.5. The maximum absolute atomic E-state index is 10.5. The number of carboxylic acid groups (broad SMARTS) is 1. The molecule has 1 heterocycles. The Morgan fingerprint density at radius 3 is 2.82 bits per heavy atom. The smallest absolute Gasteiger partial charge is 0.303 e. The van der Waals surface area contributed by atoms with Gasteiger partial charge in [0.1, 0.15) is 11.3 Å². The highest BCUT2D eigenvalue weighted by Gasteiger charge is 2.10. The summed E-state index contributed by atoms with van der Waals surface area (Å²) in [5.74, 6) is -0.872. The van der Waals surface area contributed by atoms with Gasteiger partial charge in [-0.15, -0.1) is 0 Å². The van der Waals surface area contributed by atoms with Crippen LogP contribution in [-0.2, 0) is 11.2 Å². The number of rotatable bonds is 3. The lowest BCUT2D eigenvalue weighted by Crippen LogP contribution is -2.04. The number of aromatic hydroxyl groups is 1. The Labute approximate surface area is 96.7 Å². The number of phenolic OH excluding ortho intramolecular Hbond substituents is 1. The number of benzene rings is 1. The van der Waals surface area contributed by atoms with Crippen molar-refractivity contribution in [2.24, 2.45) is 0 Å². The molecule has 4 N–H and O–H groups in total. The summed E-state index contributed by atoms with van der Waals surface area (Å²) in [6.45, 7) is 0. The second-order valence-corrected chi connectivity index (χ2v) is 3.60. The number of hydrogen-bond donors (Lipinski definition) is 3. The standard InChI is InChI=1S/C11H11N3O3/c12-11-13-7(4-5-9(16)17)6-2-1-3-8(15)10(6)14-11/h1-3,15H,4-5H2,(H,16,17)(H2,12,13,14). The molecule has 17 heavy (non-hydrogen) atoms. The topological polar surface area (TPSA) is 109 Å². The zero-order valence-corrected chi connectivity index (χ0v) is 8.92. The number of hydrogen-bond acceptors (Lipinski definition) is 5. The fourth-order valence-corrected chi connectivity index (χ4v) is 1.64. The van der Waals surface area contributed by atoms with Crippen LogP contribution in [0.5, 0.6) is 5.75 Å². The normalized spacial score (nSPS) is 10.6. The molecule has 0 fully saturated rings. The lowest BCUT2D eigenvalue weighted by atomic mass is 10.1. The fraction of sp³-hybridized carbons (Fsp3) is 0.182. The second-order valence-electron chi connectivity index (χ2n) is 3.60. The van der Waals surface area contributed by atoms with E-state index in [0.29, 0.717) is 16.6 Å². The van der Waals surface area contributed by atoms with Gasteiger partial charge in [0.15, 0.2) is 0 Å². The Hall–Kier alpha value is -2.37. The summed E-state index contributed by atoms with van der Waals surface area (Å²) in [7, 11) is 0. The van der Waals surface area contributed by atoms with Crippen LogP contribution in [-0.4, -0.2) is 26.2 Å². The summed E-state index contributed by atoms with van der Waals surface area (Å²) in [6, 6.07) is 4.88. The van der Waals surface area contributed by atoms with E-state index in [9.17, 15) is 9.90 Å². The SMILES string of the molecule is Nc1nc(CCC(=O)O)c2cccc(O)c2n1. The minimum absolute atomic E-state index is 0.00757. The third kappa shape index (κ3) is 2.25. The molecule has 0 saturated carbocycles. The van der Waals surface area contributed by atoms with Gasteiger partial charge >= 0.3 is 5.97 Å². The zero-order chi connectivity index (χ0) is 12.4. The Morgan fingerprint density at radius 2 is 2.12 bits per heavy atom. The number of phenols is 1. The number of nitrogen functional groups attached to an aromatic ring is 1. The van der Waals surface area contributed by atoms with E-state index in [4.69, 9.17) is 10.8 Å². The highest BCUT2D eigenvalue weighted by Crippen LogP contribution is 2.25. The molecule has 6 heteroatoms. The first-order chi connectivity index (χ1) is 8.08. The number of aliphatic carboxylic acids is 1. The number of fused-ring (bicyclic) bond motifs is 1. The molecule has 2 rings (SSSR count). The molecule has 0 atom stereocenters. The number of para-hydroxylation sites is 1. The van der Waals surface area contributed by atoms with Crippen LogP contribution in [0.2, 0.25) is 0 Å². The van der Waals surface area contributed by atoms with Gasteiger partial charge in [-0.2, -0.15) is 0 Å². The van der Waals surface area contributed by atoms with E-state index < -0.39 is 5.97 Å². The quantitative estimate of drug-likeness (QED) is 0.727. The highest BCUT2D eigenvalue weighted by atomic mass is 16.4. The first kappa shape index (κ1) is 11.1. The second kappa shape index (κ2) is 4.25. The van der Waals surface area contributed by atoms with Crippen molar-refractivity contribution in [3.05, 3.63) is 23.9 Å². The molecule has 1 aromatic carbocycles. The number of nitrogens with zero attached hydrogens (tertiary/aromatic N) is 2. The Kier molecular flexibility index (Phi) is 2.78. The average Bonchev–Trinajstić information content (AvgIpc) is 2.27. The van der Waals surface area contributed by atoms with Crippen LogP contribution in [0.25, 0.3) is 10.9 Å². The molecule has 0 spiro atoms. The fourth-order valence-electron chi connectivity index (χ4n) is 1.64.